The summed E-state index contributed by atoms with van der Waals surface area (Å²) in [4.78, 5) is 0. The minimum Gasteiger partial charge on any atom is -1.45 e. The average Bonchev–Trinajstić information content (AvgIpc) is 2.04. The Hall–Kier alpha value is 1.65. The van der Waals surface area contributed by atoms with Crippen molar-refractivity contribution in [3.8, 4) is 0 Å². The topological polar surface area (TPSA) is 0 Å². The second-order valence-corrected chi connectivity index (χ2v) is 3.10. The van der Waals surface area contributed by atoms with E-state index in [9.17, 15) is 0 Å². The van der Waals surface area contributed by atoms with E-state index in [1.54, 1.807) is 0 Å². The summed E-state index contributed by atoms with van der Waals surface area (Å²) in [5.74, 6) is 0. The Kier molecular flexibility index (Phi) is 11.7. The van der Waals surface area contributed by atoms with Crippen LogP contribution in [-0.2, 0) is 12.8 Å². The first-order valence-corrected chi connectivity index (χ1v) is 4.54. The standard InChI is InChI=1S/C10H13P.2Na/c1-3-8-6-5-7-10(11)9(8)4-2;;/h5-7H,3-4H2,1-2H3;;/q-2;2*+1. The third kappa shape index (κ3) is 4.80. The fraction of sp³-hybridized carbons (Fsp3) is 0.400. The van der Waals surface area contributed by atoms with Gasteiger partial charge < -0.3 is 14.5 Å². The third-order valence-electron chi connectivity index (χ3n) is 1.98. The van der Waals surface area contributed by atoms with E-state index >= 15 is 0 Å². The van der Waals surface area contributed by atoms with Gasteiger partial charge >= 0.3 is 59.1 Å². The van der Waals surface area contributed by atoms with E-state index in [4.69, 9.17) is 0 Å². The van der Waals surface area contributed by atoms with Crippen molar-refractivity contribution in [1.82, 2.24) is 0 Å². The van der Waals surface area contributed by atoms with E-state index < -0.39 is 0 Å². The number of rotatable bonds is 2. The molecule has 0 spiro atoms. The molecule has 0 aliphatic heterocycles. The third-order valence-corrected chi connectivity index (χ3v) is 2.40. The molecule has 0 saturated carbocycles. The van der Waals surface area contributed by atoms with Crippen LogP contribution in [0, 0.1) is 0 Å². The van der Waals surface area contributed by atoms with Gasteiger partial charge in [0.15, 0.2) is 0 Å². The monoisotopic (exact) mass is 210 g/mol. The average molecular weight is 210 g/mol. The molecular weight excluding hydrogens is 197 g/mol. The first-order valence-electron chi connectivity index (χ1n) is 4.09. The van der Waals surface area contributed by atoms with Crippen LogP contribution in [0.1, 0.15) is 25.0 Å². The van der Waals surface area contributed by atoms with Gasteiger partial charge in [-0.15, -0.1) is 11.6 Å². The molecule has 0 aromatic heterocycles. The molecule has 0 heterocycles. The molecule has 3 heteroatoms. The van der Waals surface area contributed by atoms with Crippen molar-refractivity contribution in [1.29, 1.82) is 0 Å². The van der Waals surface area contributed by atoms with Crippen molar-refractivity contribution in [2.75, 3.05) is 0 Å². The SMILES string of the molecule is CCc1cccc([P-2])c1CC.[Na+].[Na+]. The van der Waals surface area contributed by atoms with Crippen molar-refractivity contribution in [2.45, 2.75) is 26.7 Å². The molecule has 0 radical (unpaired) electrons. The van der Waals surface area contributed by atoms with Crippen LogP contribution in [-0.4, -0.2) is 0 Å². The first kappa shape index (κ1) is 17.1. The Morgan fingerprint density at radius 3 is 2.08 bits per heavy atom. The van der Waals surface area contributed by atoms with Crippen LogP contribution in [0.15, 0.2) is 18.2 Å². The van der Waals surface area contributed by atoms with E-state index in [1.165, 1.54) is 11.1 Å². The predicted molar refractivity (Wildman–Crippen MR) is 51.8 cm³/mol. The molecular formula is C10H13Na2P. The molecule has 0 unspecified atom stereocenters. The van der Waals surface area contributed by atoms with Crippen LogP contribution in [0.3, 0.4) is 0 Å². The summed E-state index contributed by atoms with van der Waals surface area (Å²) in [5, 5.41) is 1.13. The van der Waals surface area contributed by atoms with E-state index in [1.807, 2.05) is 0 Å². The maximum atomic E-state index is 4.40. The van der Waals surface area contributed by atoms with E-state index in [0.717, 1.165) is 18.1 Å². The van der Waals surface area contributed by atoms with Crippen molar-refractivity contribution >= 4 is 14.5 Å². The zero-order chi connectivity index (χ0) is 8.27. The van der Waals surface area contributed by atoms with Crippen LogP contribution >= 0.6 is 9.24 Å². The number of hydrogen-bond donors (Lipinski definition) is 0. The van der Waals surface area contributed by atoms with Gasteiger partial charge in [0.05, 0.1) is 0 Å². The van der Waals surface area contributed by atoms with Gasteiger partial charge in [0, 0.05) is 0 Å². The molecule has 60 valence electrons. The molecule has 0 N–H and O–H groups in total. The second kappa shape index (κ2) is 8.92. The molecule has 0 amide bonds. The molecule has 0 aliphatic carbocycles. The minimum atomic E-state index is 0. The summed E-state index contributed by atoms with van der Waals surface area (Å²) in [6, 6.07) is 6.31. The molecule has 1 rings (SSSR count). The molecule has 0 aliphatic rings. The molecule has 1 aromatic carbocycles. The maximum Gasteiger partial charge on any atom is 1.00 e. The Morgan fingerprint density at radius 1 is 1.08 bits per heavy atom. The van der Waals surface area contributed by atoms with Crippen molar-refractivity contribution in [3.63, 3.8) is 0 Å². The summed E-state index contributed by atoms with van der Waals surface area (Å²) in [6.07, 6.45) is 2.19. The molecule has 0 bridgehead atoms. The summed E-state index contributed by atoms with van der Waals surface area (Å²) in [5.41, 5.74) is 2.83. The van der Waals surface area contributed by atoms with Gasteiger partial charge in [-0.2, -0.15) is 0 Å². The van der Waals surface area contributed by atoms with E-state index in [2.05, 4.69) is 41.3 Å². The molecule has 0 fully saturated rings. The number of aryl methyl sites for hydroxylation is 1. The van der Waals surface area contributed by atoms with Crippen LogP contribution in [0.25, 0.3) is 0 Å². The molecule has 0 saturated heterocycles. The minimum absolute atomic E-state index is 0. The quantitative estimate of drug-likeness (QED) is 0.357. The van der Waals surface area contributed by atoms with Gasteiger partial charge in [-0.3, -0.25) is 0 Å². The van der Waals surface area contributed by atoms with Crippen LogP contribution in [0.2, 0.25) is 0 Å². The summed E-state index contributed by atoms with van der Waals surface area (Å²) >= 11 is 0. The molecule has 13 heavy (non-hydrogen) atoms. The summed E-state index contributed by atoms with van der Waals surface area (Å²) in [7, 11) is 4.40. The summed E-state index contributed by atoms with van der Waals surface area (Å²) in [6.45, 7) is 4.36. The fourth-order valence-corrected chi connectivity index (χ4v) is 1.75. The van der Waals surface area contributed by atoms with Crippen LogP contribution in [0.5, 0.6) is 0 Å². The molecule has 1 aromatic rings. The molecule has 0 nitrogen and oxygen atoms in total. The van der Waals surface area contributed by atoms with Gasteiger partial charge in [-0.1, -0.05) is 26.0 Å². The summed E-state index contributed by atoms with van der Waals surface area (Å²) < 4.78 is 0. The predicted octanol–water partition coefficient (Wildman–Crippen LogP) is -3.14. The van der Waals surface area contributed by atoms with Crippen LogP contribution < -0.4 is 64.4 Å². The maximum absolute atomic E-state index is 4.40. The van der Waals surface area contributed by atoms with Crippen molar-refractivity contribution in [2.24, 2.45) is 0 Å². The van der Waals surface area contributed by atoms with Gasteiger partial charge in [-0.25, -0.2) is 0 Å². The van der Waals surface area contributed by atoms with Gasteiger partial charge in [-0.05, 0) is 18.4 Å². The smallest absolute Gasteiger partial charge is 1.00 e. The van der Waals surface area contributed by atoms with Crippen molar-refractivity contribution in [3.05, 3.63) is 29.3 Å². The van der Waals surface area contributed by atoms with E-state index in [0.29, 0.717) is 0 Å². The zero-order valence-electron chi connectivity index (χ0n) is 9.09. The van der Waals surface area contributed by atoms with E-state index in [-0.39, 0.29) is 59.1 Å². The Bertz CT molecular complexity index is 249. The number of benzene rings is 1. The Balaban J connectivity index is 0. The molecule has 0 atom stereocenters. The van der Waals surface area contributed by atoms with Gasteiger partial charge in [0.1, 0.15) is 0 Å². The van der Waals surface area contributed by atoms with Gasteiger partial charge in [0.2, 0.25) is 0 Å². The zero-order valence-corrected chi connectivity index (χ0v) is 14.0. The largest absolute Gasteiger partial charge is 1.45 e. The number of hydrogen-bond acceptors (Lipinski definition) is 0. The Morgan fingerprint density at radius 2 is 1.69 bits per heavy atom. The fourth-order valence-electron chi connectivity index (χ4n) is 1.36. The van der Waals surface area contributed by atoms with Crippen molar-refractivity contribution < 1.29 is 59.1 Å². The normalized spacial score (nSPS) is 8.54. The first-order chi connectivity index (χ1) is 5.29. The van der Waals surface area contributed by atoms with Crippen LogP contribution in [0.4, 0.5) is 0 Å². The second-order valence-electron chi connectivity index (χ2n) is 2.62. The van der Waals surface area contributed by atoms with Gasteiger partial charge in [0.25, 0.3) is 0 Å². The Labute approximate surface area is 128 Å².